The van der Waals surface area contributed by atoms with Crippen LogP contribution < -0.4 is 4.74 Å². The van der Waals surface area contributed by atoms with Gasteiger partial charge < -0.3 is 4.74 Å². The Balaban J connectivity index is 2.05. The molecule has 0 atom stereocenters. The molecule has 0 aliphatic carbocycles. The first-order valence-corrected chi connectivity index (χ1v) is 8.16. The Labute approximate surface area is 149 Å². The van der Waals surface area contributed by atoms with Gasteiger partial charge in [0.1, 0.15) is 11.4 Å². The Bertz CT molecular complexity index is 1070. The summed E-state index contributed by atoms with van der Waals surface area (Å²) in [6.45, 7) is 2.06. The number of aromatic nitrogens is 4. The van der Waals surface area contributed by atoms with E-state index in [-0.39, 0.29) is 5.28 Å². The fourth-order valence-electron chi connectivity index (χ4n) is 2.87. The van der Waals surface area contributed by atoms with Crippen molar-refractivity contribution in [2.75, 3.05) is 7.11 Å². The molecule has 0 aliphatic heterocycles. The van der Waals surface area contributed by atoms with E-state index in [2.05, 4.69) is 29.0 Å². The second-order valence-electron chi connectivity index (χ2n) is 5.70. The summed E-state index contributed by atoms with van der Waals surface area (Å²) in [6.07, 6.45) is 3.50. The minimum absolute atomic E-state index is 0.209. The lowest BCUT2D eigenvalue weighted by Crippen LogP contribution is -1.90. The van der Waals surface area contributed by atoms with Crippen LogP contribution in [0.15, 0.2) is 54.9 Å². The summed E-state index contributed by atoms with van der Waals surface area (Å²) in [7, 11) is 1.64. The van der Waals surface area contributed by atoms with E-state index in [1.165, 1.54) is 5.56 Å². The Morgan fingerprint density at radius 1 is 1.12 bits per heavy atom. The van der Waals surface area contributed by atoms with Crippen LogP contribution in [0, 0.1) is 6.92 Å². The average Bonchev–Trinajstić information content (AvgIpc) is 3.00. The van der Waals surface area contributed by atoms with Crippen LogP contribution in [-0.2, 0) is 0 Å². The van der Waals surface area contributed by atoms with Crippen LogP contribution in [0.3, 0.4) is 0 Å². The standard InChI is InChI=1S/C19H15ClN4O/c1-12-4-3-5-13(10-12)18-17(15-8-9-21-19(20)22-15)16-7-6-14(25-2)11-24(16)23-18/h3-11H,1-2H3. The summed E-state index contributed by atoms with van der Waals surface area (Å²) in [5, 5.41) is 4.98. The summed E-state index contributed by atoms with van der Waals surface area (Å²) in [5.41, 5.74) is 5.60. The van der Waals surface area contributed by atoms with Crippen LogP contribution in [0.1, 0.15) is 5.56 Å². The fraction of sp³-hybridized carbons (Fsp3) is 0.105. The zero-order valence-electron chi connectivity index (χ0n) is 13.8. The molecular weight excluding hydrogens is 336 g/mol. The SMILES string of the molecule is COc1ccc2c(-c3ccnc(Cl)n3)c(-c3cccc(C)c3)nn2c1. The van der Waals surface area contributed by atoms with E-state index in [1.807, 2.05) is 41.0 Å². The number of pyridine rings is 1. The largest absolute Gasteiger partial charge is 0.495 e. The predicted molar refractivity (Wildman–Crippen MR) is 98.0 cm³/mol. The van der Waals surface area contributed by atoms with Crippen molar-refractivity contribution in [3.63, 3.8) is 0 Å². The van der Waals surface area contributed by atoms with Crippen LogP contribution in [0.4, 0.5) is 0 Å². The highest BCUT2D eigenvalue weighted by Gasteiger charge is 2.18. The Hall–Kier alpha value is -2.92. The molecular formula is C19H15ClN4O. The molecule has 3 heterocycles. The third kappa shape index (κ3) is 2.83. The highest BCUT2D eigenvalue weighted by molar-refractivity contribution is 6.28. The first kappa shape index (κ1) is 15.6. The normalized spacial score (nSPS) is 11.0. The Morgan fingerprint density at radius 2 is 2.00 bits per heavy atom. The average molecular weight is 351 g/mol. The van der Waals surface area contributed by atoms with Crippen molar-refractivity contribution in [2.45, 2.75) is 6.92 Å². The lowest BCUT2D eigenvalue weighted by molar-refractivity contribution is 0.411. The van der Waals surface area contributed by atoms with Gasteiger partial charge in [-0.1, -0.05) is 23.8 Å². The molecule has 25 heavy (non-hydrogen) atoms. The van der Waals surface area contributed by atoms with Gasteiger partial charge in [-0.3, -0.25) is 0 Å². The fourth-order valence-corrected chi connectivity index (χ4v) is 3.02. The number of halogens is 1. The topological polar surface area (TPSA) is 52.3 Å². The van der Waals surface area contributed by atoms with Gasteiger partial charge in [-0.2, -0.15) is 5.10 Å². The summed E-state index contributed by atoms with van der Waals surface area (Å²) in [6, 6.07) is 13.9. The van der Waals surface area contributed by atoms with Gasteiger partial charge in [0, 0.05) is 11.8 Å². The second kappa shape index (κ2) is 6.18. The molecule has 0 spiro atoms. The zero-order valence-corrected chi connectivity index (χ0v) is 14.5. The summed E-state index contributed by atoms with van der Waals surface area (Å²) < 4.78 is 7.12. The Kier molecular flexibility index (Phi) is 3.86. The van der Waals surface area contributed by atoms with E-state index in [9.17, 15) is 0 Å². The molecule has 3 aromatic heterocycles. The minimum Gasteiger partial charge on any atom is -0.495 e. The van der Waals surface area contributed by atoms with E-state index in [1.54, 1.807) is 13.3 Å². The van der Waals surface area contributed by atoms with Gasteiger partial charge in [0.2, 0.25) is 5.28 Å². The summed E-state index contributed by atoms with van der Waals surface area (Å²) in [5.74, 6) is 0.734. The Morgan fingerprint density at radius 3 is 2.76 bits per heavy atom. The number of hydrogen-bond acceptors (Lipinski definition) is 4. The van der Waals surface area contributed by atoms with Crippen molar-refractivity contribution in [3.05, 3.63) is 65.7 Å². The molecule has 4 aromatic rings. The predicted octanol–water partition coefficient (Wildman–Crippen LogP) is 4.43. The third-order valence-electron chi connectivity index (χ3n) is 4.01. The van der Waals surface area contributed by atoms with Crippen molar-refractivity contribution >= 4 is 17.1 Å². The second-order valence-corrected chi connectivity index (χ2v) is 6.04. The lowest BCUT2D eigenvalue weighted by Gasteiger charge is -2.04. The first-order valence-electron chi connectivity index (χ1n) is 7.78. The number of nitrogens with zero attached hydrogens (tertiary/aromatic N) is 4. The van der Waals surface area contributed by atoms with Crippen LogP contribution in [0.2, 0.25) is 5.28 Å². The molecule has 0 radical (unpaired) electrons. The number of methoxy groups -OCH3 is 1. The highest BCUT2D eigenvalue weighted by atomic mass is 35.5. The van der Waals surface area contributed by atoms with Crippen LogP contribution in [-0.4, -0.2) is 26.7 Å². The molecule has 0 fully saturated rings. The highest BCUT2D eigenvalue weighted by Crippen LogP contribution is 2.35. The summed E-state index contributed by atoms with van der Waals surface area (Å²) >= 11 is 6.01. The van der Waals surface area contributed by atoms with Crippen molar-refractivity contribution < 1.29 is 4.74 Å². The number of hydrogen-bond donors (Lipinski definition) is 0. The zero-order chi connectivity index (χ0) is 17.4. The minimum atomic E-state index is 0.209. The van der Waals surface area contributed by atoms with Crippen molar-refractivity contribution in [1.29, 1.82) is 0 Å². The number of benzene rings is 1. The van der Waals surface area contributed by atoms with Gasteiger partial charge >= 0.3 is 0 Å². The molecule has 124 valence electrons. The lowest BCUT2D eigenvalue weighted by atomic mass is 10.0. The van der Waals surface area contributed by atoms with Gasteiger partial charge in [0.25, 0.3) is 0 Å². The molecule has 5 nitrogen and oxygen atoms in total. The van der Waals surface area contributed by atoms with E-state index in [0.717, 1.165) is 33.8 Å². The summed E-state index contributed by atoms with van der Waals surface area (Å²) in [4.78, 5) is 8.37. The maximum absolute atomic E-state index is 6.01. The smallest absolute Gasteiger partial charge is 0.222 e. The molecule has 4 rings (SSSR count). The van der Waals surface area contributed by atoms with E-state index < -0.39 is 0 Å². The van der Waals surface area contributed by atoms with Gasteiger partial charge in [0.05, 0.1) is 30.1 Å². The van der Waals surface area contributed by atoms with Gasteiger partial charge in [-0.05, 0) is 42.8 Å². The van der Waals surface area contributed by atoms with E-state index >= 15 is 0 Å². The first-order chi connectivity index (χ1) is 12.2. The quantitative estimate of drug-likeness (QED) is 0.513. The molecule has 1 aromatic carbocycles. The number of aryl methyl sites for hydroxylation is 1. The van der Waals surface area contributed by atoms with Crippen molar-refractivity contribution in [3.8, 4) is 28.3 Å². The molecule has 0 amide bonds. The van der Waals surface area contributed by atoms with Gasteiger partial charge in [-0.25, -0.2) is 14.5 Å². The van der Waals surface area contributed by atoms with E-state index in [0.29, 0.717) is 0 Å². The molecule has 0 unspecified atom stereocenters. The number of ether oxygens (including phenoxy) is 1. The molecule has 0 saturated carbocycles. The van der Waals surface area contributed by atoms with E-state index in [4.69, 9.17) is 21.4 Å². The molecule has 0 bridgehead atoms. The molecule has 0 N–H and O–H groups in total. The van der Waals surface area contributed by atoms with Gasteiger partial charge in [-0.15, -0.1) is 0 Å². The van der Waals surface area contributed by atoms with Crippen molar-refractivity contribution in [1.82, 2.24) is 19.6 Å². The maximum atomic E-state index is 6.01. The monoisotopic (exact) mass is 350 g/mol. The molecule has 0 saturated heterocycles. The maximum Gasteiger partial charge on any atom is 0.222 e. The third-order valence-corrected chi connectivity index (χ3v) is 4.19. The van der Waals surface area contributed by atoms with Crippen LogP contribution in [0.25, 0.3) is 28.0 Å². The van der Waals surface area contributed by atoms with Crippen LogP contribution >= 0.6 is 11.6 Å². The van der Waals surface area contributed by atoms with Crippen molar-refractivity contribution in [2.24, 2.45) is 0 Å². The van der Waals surface area contributed by atoms with Gasteiger partial charge in [0.15, 0.2) is 0 Å². The number of rotatable bonds is 3. The molecule has 6 heteroatoms. The molecule has 0 aliphatic rings. The number of fused-ring (bicyclic) bond motifs is 1. The van der Waals surface area contributed by atoms with Crippen LogP contribution in [0.5, 0.6) is 5.75 Å².